The molecule has 3 aromatic rings. The molecule has 0 aliphatic heterocycles. The van der Waals surface area contributed by atoms with Crippen LogP contribution in [-0.4, -0.2) is 28.2 Å². The van der Waals surface area contributed by atoms with Gasteiger partial charge in [-0.25, -0.2) is 0 Å². The molecule has 2 aromatic heterocycles. The minimum atomic E-state index is -0.789. The van der Waals surface area contributed by atoms with E-state index in [2.05, 4.69) is 10.6 Å². The van der Waals surface area contributed by atoms with Crippen LogP contribution < -0.4 is 10.6 Å². The molecule has 1 aromatic carbocycles. The lowest BCUT2D eigenvalue weighted by atomic mass is 10.1. The van der Waals surface area contributed by atoms with Crippen molar-refractivity contribution in [3.05, 3.63) is 90.9 Å². The maximum atomic E-state index is 12.5. The number of benzene rings is 1. The molecule has 2 heterocycles. The van der Waals surface area contributed by atoms with E-state index in [1.54, 1.807) is 24.3 Å². The van der Waals surface area contributed by atoms with Crippen LogP contribution in [-0.2, 0) is 0 Å². The van der Waals surface area contributed by atoms with Crippen LogP contribution in [0.2, 0.25) is 5.02 Å². The third kappa shape index (κ3) is 5.25. The first-order chi connectivity index (χ1) is 14.7. The number of nitrogens with one attached hydrogen (secondary N) is 2. The van der Waals surface area contributed by atoms with Gasteiger partial charge in [-0.05, 0) is 29.8 Å². The maximum Gasteiger partial charge on any atom is 0.433 e. The van der Waals surface area contributed by atoms with Gasteiger partial charge in [0.05, 0.1) is 18.2 Å². The van der Waals surface area contributed by atoms with E-state index in [1.165, 1.54) is 0 Å². The zero-order valence-corrected chi connectivity index (χ0v) is 16.2. The van der Waals surface area contributed by atoms with Crippen LogP contribution in [0.25, 0.3) is 0 Å². The molecule has 13 heteroatoms. The Bertz CT molecular complexity index is 1140. The van der Waals surface area contributed by atoms with Gasteiger partial charge in [0.15, 0.2) is 11.5 Å². The van der Waals surface area contributed by atoms with Crippen LogP contribution in [0.3, 0.4) is 0 Å². The van der Waals surface area contributed by atoms with Crippen molar-refractivity contribution in [2.45, 2.75) is 6.04 Å². The van der Waals surface area contributed by atoms with Crippen molar-refractivity contribution in [3.8, 4) is 0 Å². The Balaban J connectivity index is 1.75. The minimum Gasteiger partial charge on any atom is -0.395 e. The first-order valence-electron chi connectivity index (χ1n) is 8.57. The topological polar surface area (TPSA) is 171 Å². The fraction of sp³-hybridized carbons (Fsp3) is 0.111. The van der Waals surface area contributed by atoms with Crippen LogP contribution in [0, 0.1) is 20.2 Å². The van der Waals surface area contributed by atoms with E-state index < -0.39 is 39.5 Å². The third-order valence-electron chi connectivity index (χ3n) is 4.04. The molecule has 0 bridgehead atoms. The van der Waals surface area contributed by atoms with Gasteiger partial charge in [0, 0.05) is 11.6 Å². The predicted molar refractivity (Wildman–Crippen MR) is 105 cm³/mol. The van der Waals surface area contributed by atoms with Crippen LogP contribution in [0.4, 0.5) is 11.8 Å². The number of halogens is 1. The molecule has 1 atom stereocenters. The van der Waals surface area contributed by atoms with Gasteiger partial charge >= 0.3 is 11.8 Å². The molecule has 12 nitrogen and oxygen atoms in total. The second-order valence-electron chi connectivity index (χ2n) is 6.08. The van der Waals surface area contributed by atoms with Gasteiger partial charge in [0.2, 0.25) is 0 Å². The molecule has 0 aliphatic carbocycles. The average molecular weight is 449 g/mol. The highest BCUT2D eigenvalue weighted by molar-refractivity contribution is 6.30. The Morgan fingerprint density at radius 3 is 1.87 bits per heavy atom. The lowest BCUT2D eigenvalue weighted by Gasteiger charge is -2.19. The third-order valence-corrected chi connectivity index (χ3v) is 4.29. The molecule has 0 fully saturated rings. The Morgan fingerprint density at radius 1 is 0.871 bits per heavy atom. The molecule has 3 rings (SSSR count). The first kappa shape index (κ1) is 21.5. The maximum absolute atomic E-state index is 12.5. The van der Waals surface area contributed by atoms with Gasteiger partial charge in [-0.15, -0.1) is 0 Å². The van der Waals surface area contributed by atoms with Gasteiger partial charge in [-0.1, -0.05) is 23.7 Å². The summed E-state index contributed by atoms with van der Waals surface area (Å²) in [5, 5.41) is 27.0. The number of nitrogens with zero attached hydrogens (tertiary/aromatic N) is 2. The second-order valence-corrected chi connectivity index (χ2v) is 6.51. The summed E-state index contributed by atoms with van der Waals surface area (Å²) in [5.74, 6) is -3.26. The summed E-state index contributed by atoms with van der Waals surface area (Å²) in [6, 6.07) is 9.95. The number of hydrogen-bond acceptors (Lipinski definition) is 8. The van der Waals surface area contributed by atoms with E-state index in [1.807, 2.05) is 0 Å². The van der Waals surface area contributed by atoms with Crippen molar-refractivity contribution in [1.29, 1.82) is 0 Å². The van der Waals surface area contributed by atoms with Crippen molar-refractivity contribution < 1.29 is 28.3 Å². The molecule has 31 heavy (non-hydrogen) atoms. The fourth-order valence-electron chi connectivity index (χ4n) is 2.55. The Hall–Kier alpha value is -4.19. The lowest BCUT2D eigenvalue weighted by Crippen LogP contribution is -2.37. The van der Waals surface area contributed by atoms with E-state index in [9.17, 15) is 29.8 Å². The van der Waals surface area contributed by atoms with Crippen molar-refractivity contribution in [3.63, 3.8) is 0 Å². The average Bonchev–Trinajstić information content (AvgIpc) is 3.41. The van der Waals surface area contributed by atoms with Crippen molar-refractivity contribution >= 4 is 35.2 Å². The number of nitro groups is 2. The molecule has 1 unspecified atom stereocenters. The molecular weight excluding hydrogens is 436 g/mol. The van der Waals surface area contributed by atoms with Crippen LogP contribution in [0.15, 0.2) is 57.4 Å². The fourth-order valence-corrected chi connectivity index (χ4v) is 2.68. The molecule has 0 spiro atoms. The molecule has 0 aliphatic rings. The first-order valence-corrected chi connectivity index (χ1v) is 8.95. The number of amides is 2. The Morgan fingerprint density at radius 2 is 1.39 bits per heavy atom. The summed E-state index contributed by atoms with van der Waals surface area (Å²) in [5.41, 5.74) is 0.560. The molecule has 0 saturated carbocycles. The highest BCUT2D eigenvalue weighted by atomic mass is 35.5. The summed E-state index contributed by atoms with van der Waals surface area (Å²) >= 11 is 5.88. The van der Waals surface area contributed by atoms with Gasteiger partial charge < -0.3 is 19.5 Å². The minimum absolute atomic E-state index is 0.135. The van der Waals surface area contributed by atoms with E-state index in [0.717, 1.165) is 24.3 Å². The molecule has 2 amide bonds. The quantitative estimate of drug-likeness (QED) is 0.390. The lowest BCUT2D eigenvalue weighted by molar-refractivity contribution is -0.402. The number of carbonyl (C=O) groups excluding carboxylic acids is 2. The monoisotopic (exact) mass is 448 g/mol. The molecule has 160 valence electrons. The number of rotatable bonds is 8. The van der Waals surface area contributed by atoms with Crippen LogP contribution in [0.1, 0.15) is 32.7 Å². The zero-order valence-electron chi connectivity index (χ0n) is 15.4. The van der Waals surface area contributed by atoms with E-state index >= 15 is 0 Å². The SMILES string of the molecule is O=C(NCC(NC(=O)c1ccc([N+](=O)[O-])o1)c1ccc(Cl)cc1)c1ccc([N+](=O)[O-])o1. The summed E-state index contributed by atoms with van der Waals surface area (Å²) in [7, 11) is 0. The molecule has 0 saturated heterocycles. The zero-order chi connectivity index (χ0) is 22.5. The number of furan rings is 2. The second kappa shape index (κ2) is 9.09. The Kier molecular flexibility index (Phi) is 6.31. The molecule has 2 N–H and O–H groups in total. The molecule has 0 radical (unpaired) electrons. The summed E-state index contributed by atoms with van der Waals surface area (Å²) in [6.07, 6.45) is 0. The number of hydrogen-bond donors (Lipinski definition) is 2. The number of carbonyl (C=O) groups is 2. The summed E-state index contributed by atoms with van der Waals surface area (Å²) in [4.78, 5) is 44.6. The van der Waals surface area contributed by atoms with Crippen molar-refractivity contribution in [2.75, 3.05) is 6.54 Å². The largest absolute Gasteiger partial charge is 0.433 e. The highest BCUT2D eigenvalue weighted by Gasteiger charge is 2.23. The summed E-state index contributed by atoms with van der Waals surface area (Å²) < 4.78 is 9.73. The van der Waals surface area contributed by atoms with Crippen molar-refractivity contribution in [2.24, 2.45) is 0 Å². The summed E-state index contributed by atoms with van der Waals surface area (Å²) in [6.45, 7) is -0.135. The predicted octanol–water partition coefficient (Wildman–Crippen LogP) is 3.24. The van der Waals surface area contributed by atoms with Gasteiger partial charge in [-0.3, -0.25) is 29.8 Å². The van der Waals surface area contributed by atoms with Gasteiger partial charge in [-0.2, -0.15) is 0 Å². The van der Waals surface area contributed by atoms with Gasteiger partial charge in [0.25, 0.3) is 11.8 Å². The highest BCUT2D eigenvalue weighted by Crippen LogP contribution is 2.20. The van der Waals surface area contributed by atoms with E-state index in [4.69, 9.17) is 20.4 Å². The smallest absolute Gasteiger partial charge is 0.395 e. The van der Waals surface area contributed by atoms with Gasteiger partial charge in [0.1, 0.15) is 9.85 Å². The van der Waals surface area contributed by atoms with E-state index in [-0.39, 0.29) is 18.1 Å². The Labute approximate surface area is 178 Å². The van der Waals surface area contributed by atoms with Crippen molar-refractivity contribution in [1.82, 2.24) is 10.6 Å². The van der Waals surface area contributed by atoms with Crippen LogP contribution >= 0.6 is 11.6 Å². The molecular formula is C18H13ClN4O8. The normalized spacial score (nSPS) is 11.5. The van der Waals surface area contributed by atoms with Crippen LogP contribution in [0.5, 0.6) is 0 Å². The van der Waals surface area contributed by atoms with E-state index in [0.29, 0.717) is 10.6 Å². The standard InChI is InChI=1S/C18H13ClN4O8/c19-11-3-1-10(2-4-11)12(21-18(25)14-6-8-16(31-14)23(28)29)9-20-17(24)13-5-7-15(30-13)22(26)27/h1-8,12H,9H2,(H,20,24)(H,21,25).